The Morgan fingerprint density at radius 3 is 2.67 bits per heavy atom. The highest BCUT2D eigenvalue weighted by atomic mass is 32.1. The molecule has 2 aromatic rings. The molecule has 24 heavy (non-hydrogen) atoms. The SMILES string of the molecule is CN1C(=O)C[C@@H](c2ccncc2)C12CCN(Cc1ccsc1)CC2. The highest BCUT2D eigenvalue weighted by Gasteiger charge is 2.52. The van der Waals surface area contributed by atoms with Crippen LogP contribution in [-0.2, 0) is 11.3 Å². The van der Waals surface area contributed by atoms with Gasteiger partial charge in [0, 0.05) is 51.4 Å². The Balaban J connectivity index is 1.53. The lowest BCUT2D eigenvalue weighted by molar-refractivity contribution is -0.130. The summed E-state index contributed by atoms with van der Waals surface area (Å²) in [6, 6.07) is 6.37. The van der Waals surface area contributed by atoms with E-state index < -0.39 is 0 Å². The van der Waals surface area contributed by atoms with Crippen LogP contribution in [0.4, 0.5) is 0 Å². The minimum atomic E-state index is -0.0242. The van der Waals surface area contributed by atoms with E-state index >= 15 is 0 Å². The number of likely N-dealkylation sites (tertiary alicyclic amines) is 2. The predicted octanol–water partition coefficient (Wildman–Crippen LogP) is 3.12. The van der Waals surface area contributed by atoms with Gasteiger partial charge >= 0.3 is 0 Å². The number of rotatable bonds is 3. The van der Waals surface area contributed by atoms with Gasteiger partial charge in [0.15, 0.2) is 0 Å². The zero-order valence-corrected chi connectivity index (χ0v) is 14.8. The first kappa shape index (κ1) is 15.8. The number of nitrogens with zero attached hydrogens (tertiary/aromatic N) is 3. The van der Waals surface area contributed by atoms with Gasteiger partial charge in [-0.15, -0.1) is 0 Å². The Labute approximate surface area is 147 Å². The second kappa shape index (κ2) is 6.30. The number of piperidine rings is 1. The maximum Gasteiger partial charge on any atom is 0.223 e. The van der Waals surface area contributed by atoms with Crippen LogP contribution in [0.5, 0.6) is 0 Å². The van der Waals surface area contributed by atoms with Gasteiger partial charge in [0.2, 0.25) is 5.91 Å². The Morgan fingerprint density at radius 1 is 1.25 bits per heavy atom. The number of hydrogen-bond acceptors (Lipinski definition) is 4. The van der Waals surface area contributed by atoms with Crippen LogP contribution in [0.3, 0.4) is 0 Å². The molecular weight excluding hydrogens is 318 g/mol. The summed E-state index contributed by atoms with van der Waals surface area (Å²) in [5, 5.41) is 4.37. The minimum Gasteiger partial charge on any atom is -0.339 e. The summed E-state index contributed by atoms with van der Waals surface area (Å²) < 4.78 is 0. The van der Waals surface area contributed by atoms with Crippen LogP contribution in [-0.4, -0.2) is 46.4 Å². The fraction of sp³-hybridized carbons (Fsp3) is 0.474. The van der Waals surface area contributed by atoms with Gasteiger partial charge in [-0.2, -0.15) is 11.3 Å². The van der Waals surface area contributed by atoms with Gasteiger partial charge in [0.05, 0.1) is 5.54 Å². The zero-order chi connectivity index (χ0) is 16.6. The van der Waals surface area contributed by atoms with E-state index in [1.54, 1.807) is 11.3 Å². The van der Waals surface area contributed by atoms with Crippen molar-refractivity contribution in [3.05, 3.63) is 52.5 Å². The maximum absolute atomic E-state index is 12.5. The molecule has 1 spiro atoms. The van der Waals surface area contributed by atoms with Gasteiger partial charge in [0.1, 0.15) is 0 Å². The summed E-state index contributed by atoms with van der Waals surface area (Å²) in [5.41, 5.74) is 2.63. The zero-order valence-electron chi connectivity index (χ0n) is 14.0. The van der Waals surface area contributed by atoms with Gasteiger partial charge in [-0.3, -0.25) is 14.7 Å². The third kappa shape index (κ3) is 2.66. The first-order valence-corrected chi connectivity index (χ1v) is 9.53. The smallest absolute Gasteiger partial charge is 0.223 e. The number of carbonyl (C=O) groups is 1. The largest absolute Gasteiger partial charge is 0.339 e. The number of hydrogen-bond donors (Lipinski definition) is 0. The van der Waals surface area contributed by atoms with Crippen LogP contribution in [0.15, 0.2) is 41.4 Å². The van der Waals surface area contributed by atoms with Crippen LogP contribution >= 0.6 is 11.3 Å². The summed E-state index contributed by atoms with van der Waals surface area (Å²) in [4.78, 5) is 21.2. The van der Waals surface area contributed by atoms with E-state index in [4.69, 9.17) is 0 Å². The van der Waals surface area contributed by atoms with Gasteiger partial charge in [-0.25, -0.2) is 0 Å². The van der Waals surface area contributed by atoms with Crippen LogP contribution in [0.1, 0.15) is 36.3 Å². The molecule has 4 rings (SSSR count). The fourth-order valence-electron chi connectivity index (χ4n) is 4.43. The van der Waals surface area contributed by atoms with Crippen molar-refractivity contribution >= 4 is 17.2 Å². The molecule has 2 aliphatic rings. The van der Waals surface area contributed by atoms with Gasteiger partial charge in [-0.1, -0.05) is 0 Å². The van der Waals surface area contributed by atoms with Crippen molar-refractivity contribution < 1.29 is 4.79 Å². The van der Waals surface area contributed by atoms with Gasteiger partial charge < -0.3 is 4.90 Å². The molecule has 2 aliphatic heterocycles. The average Bonchev–Trinajstić information content (AvgIpc) is 3.21. The number of carbonyl (C=O) groups excluding carboxylic acids is 1. The molecule has 0 aromatic carbocycles. The molecule has 0 N–H and O–H groups in total. The molecule has 2 aromatic heterocycles. The Bertz CT molecular complexity index is 693. The molecule has 0 unspecified atom stereocenters. The molecule has 2 fully saturated rings. The minimum absolute atomic E-state index is 0.0242. The van der Waals surface area contributed by atoms with Crippen molar-refractivity contribution in [2.45, 2.75) is 37.3 Å². The molecule has 0 radical (unpaired) electrons. The van der Waals surface area contributed by atoms with E-state index in [2.05, 4.69) is 38.8 Å². The van der Waals surface area contributed by atoms with Gasteiger partial charge in [0.25, 0.3) is 0 Å². The standard InChI is InChI=1S/C19H23N3OS/c1-21-18(23)12-17(16-2-7-20-8-3-16)19(21)5-9-22(10-6-19)13-15-4-11-24-14-15/h2-4,7-8,11,14,17H,5-6,9-10,12-13H2,1H3/t17-/m0/s1. The van der Waals surface area contributed by atoms with Gasteiger partial charge in [-0.05, 0) is 52.9 Å². The molecule has 2 saturated heterocycles. The Kier molecular flexibility index (Phi) is 4.14. The topological polar surface area (TPSA) is 36.4 Å². The van der Waals surface area contributed by atoms with Crippen LogP contribution in [0, 0.1) is 0 Å². The first-order valence-electron chi connectivity index (χ1n) is 8.59. The van der Waals surface area contributed by atoms with E-state index in [0.29, 0.717) is 12.3 Å². The van der Waals surface area contributed by atoms with E-state index in [9.17, 15) is 4.79 Å². The third-order valence-corrected chi connectivity index (χ3v) is 6.62. The van der Waals surface area contributed by atoms with Crippen molar-refractivity contribution in [3.8, 4) is 0 Å². The van der Waals surface area contributed by atoms with Crippen LogP contribution < -0.4 is 0 Å². The first-order chi connectivity index (χ1) is 11.7. The molecule has 126 valence electrons. The molecule has 5 heteroatoms. The average molecular weight is 341 g/mol. The molecule has 1 amide bonds. The molecule has 1 atom stereocenters. The van der Waals surface area contributed by atoms with E-state index in [1.807, 2.05) is 24.3 Å². The third-order valence-electron chi connectivity index (χ3n) is 5.89. The lowest BCUT2D eigenvalue weighted by Crippen LogP contribution is -2.53. The normalized spacial score (nSPS) is 24.0. The molecule has 0 aliphatic carbocycles. The Morgan fingerprint density at radius 2 is 2.00 bits per heavy atom. The number of thiophene rings is 1. The summed E-state index contributed by atoms with van der Waals surface area (Å²) in [6.07, 6.45) is 6.42. The lowest BCUT2D eigenvalue weighted by atomic mass is 9.74. The van der Waals surface area contributed by atoms with Crippen LogP contribution in [0.2, 0.25) is 0 Å². The number of amides is 1. The van der Waals surface area contributed by atoms with Crippen molar-refractivity contribution in [1.29, 1.82) is 0 Å². The highest BCUT2D eigenvalue weighted by Crippen LogP contribution is 2.48. The number of aromatic nitrogens is 1. The second-order valence-electron chi connectivity index (χ2n) is 7.00. The summed E-state index contributed by atoms with van der Waals surface area (Å²) in [7, 11) is 2.00. The lowest BCUT2D eigenvalue weighted by Gasteiger charge is -2.46. The molecule has 0 saturated carbocycles. The fourth-order valence-corrected chi connectivity index (χ4v) is 5.09. The molecule has 4 heterocycles. The maximum atomic E-state index is 12.5. The Hall–Kier alpha value is -1.72. The second-order valence-corrected chi connectivity index (χ2v) is 7.78. The molecule has 4 nitrogen and oxygen atoms in total. The van der Waals surface area contributed by atoms with Crippen molar-refractivity contribution in [2.24, 2.45) is 0 Å². The summed E-state index contributed by atoms with van der Waals surface area (Å²) >= 11 is 1.76. The highest BCUT2D eigenvalue weighted by molar-refractivity contribution is 7.07. The van der Waals surface area contributed by atoms with E-state index in [-0.39, 0.29) is 11.4 Å². The molecular formula is C19H23N3OS. The number of likely N-dealkylation sites (N-methyl/N-ethyl adjacent to an activating group) is 1. The van der Waals surface area contributed by atoms with Crippen LogP contribution in [0.25, 0.3) is 0 Å². The monoisotopic (exact) mass is 341 g/mol. The van der Waals surface area contributed by atoms with Crippen molar-refractivity contribution in [2.75, 3.05) is 20.1 Å². The molecule has 0 bridgehead atoms. The summed E-state index contributed by atoms with van der Waals surface area (Å²) in [6.45, 7) is 3.13. The number of pyridine rings is 1. The quantitative estimate of drug-likeness (QED) is 0.861. The van der Waals surface area contributed by atoms with Crippen molar-refractivity contribution in [3.63, 3.8) is 0 Å². The summed E-state index contributed by atoms with van der Waals surface area (Å²) in [5.74, 6) is 0.574. The van der Waals surface area contributed by atoms with E-state index in [1.165, 1.54) is 11.1 Å². The van der Waals surface area contributed by atoms with E-state index in [0.717, 1.165) is 32.5 Å². The van der Waals surface area contributed by atoms with Crippen molar-refractivity contribution in [1.82, 2.24) is 14.8 Å². The predicted molar refractivity (Wildman–Crippen MR) is 95.9 cm³/mol.